The van der Waals surface area contributed by atoms with Crippen LogP contribution in [0.2, 0.25) is 0 Å². The van der Waals surface area contributed by atoms with Gasteiger partial charge < -0.3 is 11.1 Å². The lowest BCUT2D eigenvalue weighted by atomic mass is 10.0. The molecule has 1 aromatic heterocycles. The van der Waals surface area contributed by atoms with E-state index in [1.165, 1.54) is 12.1 Å². The third-order valence-electron chi connectivity index (χ3n) is 4.03. The molecule has 0 radical (unpaired) electrons. The van der Waals surface area contributed by atoms with E-state index in [0.29, 0.717) is 6.54 Å². The summed E-state index contributed by atoms with van der Waals surface area (Å²) >= 11 is 1.57. The van der Waals surface area contributed by atoms with E-state index in [2.05, 4.69) is 5.32 Å². The highest BCUT2D eigenvalue weighted by Crippen LogP contribution is 2.45. The summed E-state index contributed by atoms with van der Waals surface area (Å²) in [4.78, 5) is 13.5. The number of hydrogen-bond donors (Lipinski definition) is 2. The molecule has 1 aliphatic rings. The lowest BCUT2D eigenvalue weighted by Crippen LogP contribution is -2.38. The number of amides is 1. The summed E-state index contributed by atoms with van der Waals surface area (Å²) in [6.45, 7) is 0.374. The van der Waals surface area contributed by atoms with E-state index in [0.717, 1.165) is 23.3 Å². The van der Waals surface area contributed by atoms with Crippen molar-refractivity contribution < 1.29 is 9.18 Å². The van der Waals surface area contributed by atoms with Crippen LogP contribution in [0.25, 0.3) is 0 Å². The quantitative estimate of drug-likeness (QED) is 0.892. The van der Waals surface area contributed by atoms with Crippen LogP contribution >= 0.6 is 11.3 Å². The summed E-state index contributed by atoms with van der Waals surface area (Å²) in [6.07, 6.45) is 1.69. The Morgan fingerprint density at radius 3 is 2.57 bits per heavy atom. The monoisotopic (exact) mass is 304 g/mol. The Kier molecular flexibility index (Phi) is 3.78. The van der Waals surface area contributed by atoms with E-state index in [-0.39, 0.29) is 17.8 Å². The fourth-order valence-corrected chi connectivity index (χ4v) is 3.19. The van der Waals surface area contributed by atoms with E-state index >= 15 is 0 Å². The zero-order chi connectivity index (χ0) is 14.9. The van der Waals surface area contributed by atoms with Crippen LogP contribution in [0.15, 0.2) is 41.8 Å². The van der Waals surface area contributed by atoms with Gasteiger partial charge in [-0.3, -0.25) is 4.79 Å². The summed E-state index contributed by atoms with van der Waals surface area (Å²) in [5.41, 5.74) is 6.20. The molecule has 1 saturated carbocycles. The third kappa shape index (κ3) is 2.84. The zero-order valence-corrected chi connectivity index (χ0v) is 12.3. The number of rotatable bonds is 5. The second kappa shape index (κ2) is 5.58. The molecule has 1 atom stereocenters. The van der Waals surface area contributed by atoms with Crippen molar-refractivity contribution in [2.75, 3.05) is 6.54 Å². The lowest BCUT2D eigenvalue weighted by molar-refractivity contribution is -0.126. The second-order valence-electron chi connectivity index (χ2n) is 5.46. The first-order chi connectivity index (χ1) is 10.1. The minimum Gasteiger partial charge on any atom is -0.344 e. The topological polar surface area (TPSA) is 55.1 Å². The number of hydrogen-bond acceptors (Lipinski definition) is 3. The first kappa shape index (κ1) is 14.2. The van der Waals surface area contributed by atoms with Gasteiger partial charge >= 0.3 is 0 Å². The summed E-state index contributed by atoms with van der Waals surface area (Å²) in [5, 5.41) is 5.04. The van der Waals surface area contributed by atoms with E-state index in [1.807, 2.05) is 17.5 Å². The van der Waals surface area contributed by atoms with Crippen LogP contribution in [-0.4, -0.2) is 12.5 Å². The number of halogens is 1. The fourth-order valence-electron chi connectivity index (χ4n) is 2.39. The van der Waals surface area contributed by atoms with Gasteiger partial charge in [0.1, 0.15) is 5.82 Å². The van der Waals surface area contributed by atoms with Gasteiger partial charge in [-0.2, -0.15) is 0 Å². The number of benzene rings is 1. The Balaban J connectivity index is 1.87. The molecule has 3 nitrogen and oxygen atoms in total. The van der Waals surface area contributed by atoms with Crippen LogP contribution in [0.5, 0.6) is 0 Å². The van der Waals surface area contributed by atoms with Gasteiger partial charge in [-0.15, -0.1) is 11.3 Å². The predicted molar refractivity (Wildman–Crippen MR) is 81.4 cm³/mol. The highest BCUT2D eigenvalue weighted by Gasteiger charge is 2.49. The molecule has 110 valence electrons. The summed E-state index contributed by atoms with van der Waals surface area (Å²) in [5.74, 6) is -0.289. The Hall–Kier alpha value is -1.72. The number of thiophene rings is 1. The average Bonchev–Trinajstić information content (AvgIpc) is 3.12. The van der Waals surface area contributed by atoms with Gasteiger partial charge in [-0.05, 0) is 42.0 Å². The Bertz CT molecular complexity index is 620. The zero-order valence-electron chi connectivity index (χ0n) is 11.5. The standard InChI is InChI=1S/C16H17FN2OS/c17-12-5-3-11(4-6-12)14(13-2-1-9-21-13)19-15(20)16(10-18)7-8-16/h1-6,9,14H,7-8,10,18H2,(H,19,20). The van der Waals surface area contributed by atoms with Crippen LogP contribution in [0.3, 0.4) is 0 Å². The molecule has 1 fully saturated rings. The van der Waals surface area contributed by atoms with Crippen molar-refractivity contribution in [1.29, 1.82) is 0 Å². The van der Waals surface area contributed by atoms with Crippen molar-refractivity contribution in [2.45, 2.75) is 18.9 Å². The van der Waals surface area contributed by atoms with Crippen LogP contribution in [-0.2, 0) is 4.79 Å². The van der Waals surface area contributed by atoms with Crippen LogP contribution < -0.4 is 11.1 Å². The van der Waals surface area contributed by atoms with E-state index in [4.69, 9.17) is 5.73 Å². The minimum absolute atomic E-state index is 0.00674. The Labute approximate surface area is 127 Å². The molecule has 2 aromatic rings. The van der Waals surface area contributed by atoms with Gasteiger partial charge in [0.25, 0.3) is 0 Å². The molecule has 3 rings (SSSR count). The van der Waals surface area contributed by atoms with Crippen molar-refractivity contribution in [3.8, 4) is 0 Å². The first-order valence-corrected chi connectivity index (χ1v) is 7.82. The Morgan fingerprint density at radius 1 is 1.33 bits per heavy atom. The Morgan fingerprint density at radius 2 is 2.05 bits per heavy atom. The number of nitrogens with two attached hydrogens (primary N) is 1. The van der Waals surface area contributed by atoms with Gasteiger partial charge in [0.05, 0.1) is 11.5 Å². The largest absolute Gasteiger partial charge is 0.344 e. The number of nitrogens with one attached hydrogen (secondary N) is 1. The molecule has 1 unspecified atom stereocenters. The lowest BCUT2D eigenvalue weighted by Gasteiger charge is -2.21. The minimum atomic E-state index is -0.393. The highest BCUT2D eigenvalue weighted by molar-refractivity contribution is 7.10. The third-order valence-corrected chi connectivity index (χ3v) is 4.97. The van der Waals surface area contributed by atoms with Crippen molar-refractivity contribution in [1.82, 2.24) is 5.32 Å². The van der Waals surface area contributed by atoms with E-state index in [9.17, 15) is 9.18 Å². The molecule has 1 amide bonds. The van der Waals surface area contributed by atoms with Gasteiger partial charge in [0.15, 0.2) is 0 Å². The smallest absolute Gasteiger partial charge is 0.228 e. The first-order valence-electron chi connectivity index (χ1n) is 6.94. The maximum atomic E-state index is 13.1. The van der Waals surface area contributed by atoms with Gasteiger partial charge in [0.2, 0.25) is 5.91 Å². The van der Waals surface area contributed by atoms with E-state index in [1.54, 1.807) is 23.5 Å². The molecule has 1 heterocycles. The maximum Gasteiger partial charge on any atom is 0.228 e. The number of carbonyl (C=O) groups is 1. The maximum absolute atomic E-state index is 13.1. The summed E-state index contributed by atoms with van der Waals surface area (Å²) in [6, 6.07) is 9.92. The molecule has 1 aromatic carbocycles. The van der Waals surface area contributed by atoms with Gasteiger partial charge in [0, 0.05) is 11.4 Å². The molecule has 0 bridgehead atoms. The molecule has 0 saturated heterocycles. The van der Waals surface area contributed by atoms with E-state index < -0.39 is 5.41 Å². The molecule has 3 N–H and O–H groups in total. The van der Waals surface area contributed by atoms with Crippen molar-refractivity contribution >= 4 is 17.2 Å². The van der Waals surface area contributed by atoms with Crippen LogP contribution in [0.4, 0.5) is 4.39 Å². The fraction of sp³-hybridized carbons (Fsp3) is 0.312. The van der Waals surface area contributed by atoms with Crippen molar-refractivity contribution in [3.63, 3.8) is 0 Å². The molecular formula is C16H17FN2OS. The van der Waals surface area contributed by atoms with Crippen molar-refractivity contribution in [2.24, 2.45) is 11.1 Å². The second-order valence-corrected chi connectivity index (χ2v) is 6.44. The predicted octanol–water partition coefficient (Wildman–Crippen LogP) is 2.83. The highest BCUT2D eigenvalue weighted by atomic mass is 32.1. The molecule has 1 aliphatic carbocycles. The molecular weight excluding hydrogens is 287 g/mol. The average molecular weight is 304 g/mol. The molecule has 0 aliphatic heterocycles. The van der Waals surface area contributed by atoms with Crippen molar-refractivity contribution in [3.05, 3.63) is 58.0 Å². The molecule has 21 heavy (non-hydrogen) atoms. The normalized spacial score (nSPS) is 17.2. The number of carbonyl (C=O) groups excluding carboxylic acids is 1. The van der Waals surface area contributed by atoms with Crippen LogP contribution in [0.1, 0.15) is 29.3 Å². The van der Waals surface area contributed by atoms with Gasteiger partial charge in [-0.1, -0.05) is 18.2 Å². The molecule has 0 spiro atoms. The SMILES string of the molecule is NCC1(C(=O)NC(c2ccc(F)cc2)c2cccs2)CC1. The van der Waals surface area contributed by atoms with Gasteiger partial charge in [-0.25, -0.2) is 4.39 Å². The summed E-state index contributed by atoms with van der Waals surface area (Å²) in [7, 11) is 0. The summed E-state index contributed by atoms with van der Waals surface area (Å²) < 4.78 is 13.1. The molecule has 5 heteroatoms. The van der Waals surface area contributed by atoms with Crippen LogP contribution in [0, 0.1) is 11.2 Å².